The van der Waals surface area contributed by atoms with Crippen LogP contribution in [-0.2, 0) is 0 Å². The predicted octanol–water partition coefficient (Wildman–Crippen LogP) is 2.49. The largest absolute Gasteiger partial charge is 0.411 e. The van der Waals surface area contributed by atoms with Crippen LogP contribution >= 0.6 is 0 Å². The topological polar surface area (TPSA) is 65.2 Å². The van der Waals surface area contributed by atoms with E-state index in [-0.39, 0.29) is 5.41 Å². The van der Waals surface area contributed by atoms with E-state index < -0.39 is 5.41 Å². The summed E-state index contributed by atoms with van der Waals surface area (Å²) in [5.74, 6) is 0. The maximum atomic E-state index is 8.92. The molecule has 0 atom stereocenters. The van der Waals surface area contributed by atoms with Crippen molar-refractivity contribution in [2.24, 2.45) is 21.1 Å². The molecule has 0 heterocycles. The average molecular weight is 198 g/mol. The summed E-state index contributed by atoms with van der Waals surface area (Å²) < 4.78 is 0. The van der Waals surface area contributed by atoms with E-state index in [0.717, 1.165) is 12.8 Å². The van der Waals surface area contributed by atoms with Crippen molar-refractivity contribution in [1.29, 1.82) is 0 Å². The van der Waals surface area contributed by atoms with Gasteiger partial charge in [0.15, 0.2) is 0 Å². The van der Waals surface area contributed by atoms with E-state index >= 15 is 0 Å². The minimum absolute atomic E-state index is 0.00134. The summed E-state index contributed by atoms with van der Waals surface area (Å²) in [6.07, 6.45) is 1.46. The van der Waals surface area contributed by atoms with Gasteiger partial charge in [-0.1, -0.05) is 24.2 Å². The lowest BCUT2D eigenvalue weighted by Gasteiger charge is -2.40. The summed E-state index contributed by atoms with van der Waals surface area (Å²) in [5.41, 5.74) is 0.931. The van der Waals surface area contributed by atoms with Crippen LogP contribution in [0.1, 0.15) is 40.5 Å². The van der Waals surface area contributed by atoms with Crippen molar-refractivity contribution in [1.82, 2.24) is 0 Å². The Morgan fingerprint density at radius 1 is 0.929 bits per heavy atom. The van der Waals surface area contributed by atoms with E-state index in [1.807, 2.05) is 13.8 Å². The van der Waals surface area contributed by atoms with Gasteiger partial charge in [-0.15, -0.1) is 0 Å². The quantitative estimate of drug-likeness (QED) is 0.464. The zero-order chi connectivity index (χ0) is 11.0. The second kappa shape index (κ2) is 3.26. The van der Waals surface area contributed by atoms with Crippen LogP contribution < -0.4 is 0 Å². The summed E-state index contributed by atoms with van der Waals surface area (Å²) in [6, 6.07) is 0. The van der Waals surface area contributed by atoms with Crippen molar-refractivity contribution >= 4 is 11.4 Å². The van der Waals surface area contributed by atoms with Crippen LogP contribution in [0, 0.1) is 10.8 Å². The fourth-order valence-electron chi connectivity index (χ4n) is 1.90. The van der Waals surface area contributed by atoms with Gasteiger partial charge in [0, 0.05) is 5.41 Å². The van der Waals surface area contributed by atoms with Crippen LogP contribution in [0.2, 0.25) is 0 Å². The first-order chi connectivity index (χ1) is 6.33. The lowest BCUT2D eigenvalue weighted by Crippen LogP contribution is -2.44. The summed E-state index contributed by atoms with van der Waals surface area (Å²) >= 11 is 0. The van der Waals surface area contributed by atoms with E-state index in [1.165, 1.54) is 0 Å². The Balaban J connectivity index is 3.12. The van der Waals surface area contributed by atoms with Crippen LogP contribution in [0.25, 0.3) is 0 Å². The minimum Gasteiger partial charge on any atom is -0.411 e. The van der Waals surface area contributed by atoms with Crippen LogP contribution in [0.15, 0.2) is 10.3 Å². The van der Waals surface area contributed by atoms with Crippen molar-refractivity contribution in [3.8, 4) is 0 Å². The molecule has 0 aromatic heterocycles. The molecular formula is C10H18N2O2. The third-order valence-corrected chi connectivity index (χ3v) is 2.98. The Morgan fingerprint density at radius 3 is 1.57 bits per heavy atom. The molecule has 0 spiro atoms. The number of rotatable bonds is 0. The van der Waals surface area contributed by atoms with Gasteiger partial charge in [0.1, 0.15) is 0 Å². The van der Waals surface area contributed by atoms with Gasteiger partial charge in [-0.3, -0.25) is 0 Å². The van der Waals surface area contributed by atoms with Gasteiger partial charge in [0.2, 0.25) is 0 Å². The summed E-state index contributed by atoms with van der Waals surface area (Å²) in [4.78, 5) is 0. The summed E-state index contributed by atoms with van der Waals surface area (Å²) in [6.45, 7) is 7.95. The van der Waals surface area contributed by atoms with Crippen molar-refractivity contribution in [2.45, 2.75) is 40.5 Å². The van der Waals surface area contributed by atoms with Gasteiger partial charge in [-0.25, -0.2) is 0 Å². The van der Waals surface area contributed by atoms with E-state index in [9.17, 15) is 0 Å². The van der Waals surface area contributed by atoms with Gasteiger partial charge in [-0.05, 0) is 32.1 Å². The highest BCUT2D eigenvalue weighted by molar-refractivity contribution is 6.13. The lowest BCUT2D eigenvalue weighted by atomic mass is 9.64. The SMILES string of the molecule is CC1(C)C/C(=N\O)C(C)(C)/C(=N/O)C1. The molecule has 0 aromatic rings. The van der Waals surface area contributed by atoms with Gasteiger partial charge in [0.25, 0.3) is 0 Å². The fourth-order valence-corrected chi connectivity index (χ4v) is 1.90. The molecular weight excluding hydrogens is 180 g/mol. The highest BCUT2D eigenvalue weighted by Crippen LogP contribution is 2.40. The monoisotopic (exact) mass is 198 g/mol. The van der Waals surface area contributed by atoms with Gasteiger partial charge < -0.3 is 10.4 Å². The third kappa shape index (κ3) is 1.74. The van der Waals surface area contributed by atoms with E-state index in [0.29, 0.717) is 11.4 Å². The molecule has 0 unspecified atom stereocenters. The fraction of sp³-hybridized carbons (Fsp3) is 0.800. The molecule has 4 nitrogen and oxygen atoms in total. The molecule has 1 rings (SSSR count). The molecule has 0 aromatic carbocycles. The highest BCUT2D eigenvalue weighted by Gasteiger charge is 2.42. The molecule has 1 aliphatic rings. The first-order valence-electron chi connectivity index (χ1n) is 4.76. The van der Waals surface area contributed by atoms with E-state index in [4.69, 9.17) is 10.4 Å². The standard InChI is InChI=1S/C10H18N2O2/c1-9(2)5-7(11-13)10(3,4)8(6-9)12-14/h13-14H,5-6H2,1-4H3/b11-7+,12-8+. The average Bonchev–Trinajstić information content (AvgIpc) is 2.08. The summed E-state index contributed by atoms with van der Waals surface area (Å²) in [7, 11) is 0. The number of hydrogen-bond acceptors (Lipinski definition) is 4. The Labute approximate surface area is 84.3 Å². The maximum Gasteiger partial charge on any atom is 0.0689 e. The molecule has 0 aliphatic heterocycles. The number of oxime groups is 2. The van der Waals surface area contributed by atoms with Crippen LogP contribution in [0.4, 0.5) is 0 Å². The second-order valence-corrected chi connectivity index (χ2v) is 5.24. The van der Waals surface area contributed by atoms with Gasteiger partial charge in [0.05, 0.1) is 11.4 Å². The Morgan fingerprint density at radius 2 is 1.29 bits per heavy atom. The Kier molecular flexibility index (Phi) is 2.56. The van der Waals surface area contributed by atoms with Crippen LogP contribution in [0.3, 0.4) is 0 Å². The predicted molar refractivity (Wildman–Crippen MR) is 55.2 cm³/mol. The van der Waals surface area contributed by atoms with Crippen molar-refractivity contribution in [3.63, 3.8) is 0 Å². The molecule has 1 saturated carbocycles. The summed E-state index contributed by atoms with van der Waals surface area (Å²) in [5, 5.41) is 24.5. The third-order valence-electron chi connectivity index (χ3n) is 2.98. The van der Waals surface area contributed by atoms with Gasteiger partial charge in [-0.2, -0.15) is 0 Å². The molecule has 0 bridgehead atoms. The molecule has 0 amide bonds. The molecule has 80 valence electrons. The van der Waals surface area contributed by atoms with Crippen molar-refractivity contribution in [2.75, 3.05) is 0 Å². The van der Waals surface area contributed by atoms with Crippen molar-refractivity contribution < 1.29 is 10.4 Å². The van der Waals surface area contributed by atoms with Crippen LogP contribution in [-0.4, -0.2) is 21.8 Å². The van der Waals surface area contributed by atoms with E-state index in [2.05, 4.69) is 24.2 Å². The smallest absolute Gasteiger partial charge is 0.0689 e. The molecule has 1 fully saturated rings. The molecule has 4 heteroatoms. The van der Waals surface area contributed by atoms with Crippen molar-refractivity contribution in [3.05, 3.63) is 0 Å². The minimum atomic E-state index is -0.432. The first kappa shape index (κ1) is 11.0. The number of nitrogens with zero attached hydrogens (tertiary/aromatic N) is 2. The maximum absolute atomic E-state index is 8.92. The zero-order valence-corrected chi connectivity index (χ0v) is 9.20. The van der Waals surface area contributed by atoms with Crippen LogP contribution in [0.5, 0.6) is 0 Å². The lowest BCUT2D eigenvalue weighted by molar-refractivity contribution is 0.278. The normalized spacial score (nSPS) is 30.9. The molecule has 2 N–H and O–H groups in total. The second-order valence-electron chi connectivity index (χ2n) is 5.24. The van der Waals surface area contributed by atoms with E-state index in [1.54, 1.807) is 0 Å². The van der Waals surface area contributed by atoms with Gasteiger partial charge >= 0.3 is 0 Å². The highest BCUT2D eigenvalue weighted by atomic mass is 16.4. The molecule has 0 saturated heterocycles. The Hall–Kier alpha value is -1.06. The number of hydrogen-bond donors (Lipinski definition) is 2. The first-order valence-corrected chi connectivity index (χ1v) is 4.76. The Bertz CT molecular complexity index is 264. The zero-order valence-electron chi connectivity index (χ0n) is 9.20. The molecule has 1 aliphatic carbocycles. The molecule has 14 heavy (non-hydrogen) atoms. The molecule has 0 radical (unpaired) electrons.